The lowest BCUT2D eigenvalue weighted by Crippen LogP contribution is -2.46. The zero-order chi connectivity index (χ0) is 25.4. The first-order chi connectivity index (χ1) is 16.8. The molecule has 3 rings (SSSR count). The SMILES string of the molecule is CCC(C)CN(CC(=O)N1CCCN(c2ccc(-c3ccc(OC)cc3)nn2)CC1)C(=O)C(C)C. The molecule has 0 aliphatic carbocycles. The lowest BCUT2D eigenvalue weighted by atomic mass is 10.1. The zero-order valence-corrected chi connectivity index (χ0v) is 21.7. The zero-order valence-electron chi connectivity index (χ0n) is 21.7. The molecule has 2 aromatic rings. The average molecular weight is 482 g/mol. The number of methoxy groups -OCH3 is 1. The Morgan fingerprint density at radius 2 is 1.74 bits per heavy atom. The third-order valence-electron chi connectivity index (χ3n) is 6.57. The fourth-order valence-electron chi connectivity index (χ4n) is 4.17. The summed E-state index contributed by atoms with van der Waals surface area (Å²) in [4.78, 5) is 31.6. The van der Waals surface area contributed by atoms with Crippen molar-refractivity contribution in [3.63, 3.8) is 0 Å². The molecule has 0 saturated carbocycles. The normalized spacial score (nSPS) is 15.0. The van der Waals surface area contributed by atoms with E-state index >= 15 is 0 Å². The highest BCUT2D eigenvalue weighted by molar-refractivity contribution is 5.85. The van der Waals surface area contributed by atoms with Crippen LogP contribution in [0.2, 0.25) is 0 Å². The van der Waals surface area contributed by atoms with Crippen molar-refractivity contribution in [2.75, 3.05) is 51.3 Å². The van der Waals surface area contributed by atoms with Crippen molar-refractivity contribution in [2.24, 2.45) is 11.8 Å². The topological polar surface area (TPSA) is 78.9 Å². The van der Waals surface area contributed by atoms with Crippen LogP contribution in [-0.4, -0.2) is 78.2 Å². The molecule has 0 radical (unpaired) electrons. The van der Waals surface area contributed by atoms with Crippen LogP contribution >= 0.6 is 0 Å². The minimum Gasteiger partial charge on any atom is -0.497 e. The summed E-state index contributed by atoms with van der Waals surface area (Å²) in [6.07, 6.45) is 1.82. The Morgan fingerprint density at radius 3 is 2.34 bits per heavy atom. The Bertz CT molecular complexity index is 962. The van der Waals surface area contributed by atoms with E-state index in [1.54, 1.807) is 12.0 Å². The number of hydrogen-bond acceptors (Lipinski definition) is 6. The van der Waals surface area contributed by atoms with Crippen LogP contribution in [0.15, 0.2) is 36.4 Å². The number of aromatic nitrogens is 2. The first kappa shape index (κ1) is 26.4. The standard InChI is InChI=1S/C27H39N5O3/c1-6-21(4)18-32(27(34)20(2)3)19-26(33)31-15-7-14-30(16-17-31)25-13-12-24(28-29-25)22-8-10-23(35-5)11-9-22/h8-13,20-21H,6-7,14-19H2,1-5H3. The summed E-state index contributed by atoms with van der Waals surface area (Å²) in [6, 6.07) is 11.7. The summed E-state index contributed by atoms with van der Waals surface area (Å²) >= 11 is 0. The summed E-state index contributed by atoms with van der Waals surface area (Å²) in [5.74, 6) is 1.92. The highest BCUT2D eigenvalue weighted by atomic mass is 16.5. The highest BCUT2D eigenvalue weighted by Crippen LogP contribution is 2.22. The molecule has 8 nitrogen and oxygen atoms in total. The van der Waals surface area contributed by atoms with Gasteiger partial charge in [-0.05, 0) is 48.7 Å². The van der Waals surface area contributed by atoms with E-state index in [4.69, 9.17) is 4.74 Å². The van der Waals surface area contributed by atoms with Crippen LogP contribution in [0, 0.1) is 11.8 Å². The van der Waals surface area contributed by atoms with E-state index in [-0.39, 0.29) is 24.3 Å². The Morgan fingerprint density at radius 1 is 1.00 bits per heavy atom. The van der Waals surface area contributed by atoms with Gasteiger partial charge in [0.1, 0.15) is 5.75 Å². The van der Waals surface area contributed by atoms with Crippen molar-refractivity contribution in [3.05, 3.63) is 36.4 Å². The van der Waals surface area contributed by atoms with Crippen LogP contribution in [0.25, 0.3) is 11.3 Å². The second kappa shape index (κ2) is 12.5. The van der Waals surface area contributed by atoms with Gasteiger partial charge < -0.3 is 19.4 Å². The number of amides is 2. The van der Waals surface area contributed by atoms with E-state index in [9.17, 15) is 9.59 Å². The van der Waals surface area contributed by atoms with E-state index in [0.29, 0.717) is 32.1 Å². The van der Waals surface area contributed by atoms with E-state index in [1.165, 1.54) is 0 Å². The van der Waals surface area contributed by atoms with E-state index < -0.39 is 0 Å². The summed E-state index contributed by atoms with van der Waals surface area (Å²) in [7, 11) is 1.65. The van der Waals surface area contributed by atoms with E-state index in [1.807, 2.05) is 55.1 Å². The maximum Gasteiger partial charge on any atom is 0.242 e. The van der Waals surface area contributed by atoms with Crippen LogP contribution in [0.5, 0.6) is 5.75 Å². The van der Waals surface area contributed by atoms with Gasteiger partial charge in [-0.15, -0.1) is 10.2 Å². The molecule has 0 bridgehead atoms. The second-order valence-corrected chi connectivity index (χ2v) is 9.61. The van der Waals surface area contributed by atoms with Crippen molar-refractivity contribution >= 4 is 17.6 Å². The van der Waals surface area contributed by atoms with Crippen molar-refractivity contribution in [1.82, 2.24) is 20.0 Å². The van der Waals surface area contributed by atoms with Gasteiger partial charge in [0, 0.05) is 44.2 Å². The third kappa shape index (κ3) is 7.16. The van der Waals surface area contributed by atoms with Gasteiger partial charge in [-0.3, -0.25) is 9.59 Å². The highest BCUT2D eigenvalue weighted by Gasteiger charge is 2.26. The number of carbonyl (C=O) groups is 2. The van der Waals surface area contributed by atoms with Crippen LogP contribution in [0.3, 0.4) is 0 Å². The molecule has 0 spiro atoms. The number of nitrogens with zero attached hydrogens (tertiary/aromatic N) is 5. The Hall–Kier alpha value is -3.16. The molecule has 0 N–H and O–H groups in total. The molecule has 1 unspecified atom stereocenters. The number of carbonyl (C=O) groups excluding carboxylic acids is 2. The molecule has 1 atom stereocenters. The fourth-order valence-corrected chi connectivity index (χ4v) is 4.17. The smallest absolute Gasteiger partial charge is 0.242 e. The van der Waals surface area contributed by atoms with Crippen LogP contribution < -0.4 is 9.64 Å². The van der Waals surface area contributed by atoms with Gasteiger partial charge in [0.25, 0.3) is 0 Å². The van der Waals surface area contributed by atoms with E-state index in [0.717, 1.165) is 42.2 Å². The predicted molar refractivity (Wildman–Crippen MR) is 138 cm³/mol. The largest absolute Gasteiger partial charge is 0.497 e. The molecule has 1 aromatic heterocycles. The molecular formula is C27H39N5O3. The number of ether oxygens (including phenoxy) is 1. The Kier molecular flexibility index (Phi) is 9.46. The Balaban J connectivity index is 1.60. The van der Waals surface area contributed by atoms with Crippen molar-refractivity contribution in [2.45, 2.75) is 40.5 Å². The van der Waals surface area contributed by atoms with Gasteiger partial charge in [0.2, 0.25) is 11.8 Å². The number of benzene rings is 1. The minimum atomic E-state index is -0.119. The molecule has 1 aliphatic rings. The summed E-state index contributed by atoms with van der Waals surface area (Å²) in [6.45, 7) is 11.6. The maximum absolute atomic E-state index is 13.1. The van der Waals surface area contributed by atoms with Gasteiger partial charge in [-0.25, -0.2) is 0 Å². The molecule has 35 heavy (non-hydrogen) atoms. The average Bonchev–Trinajstić information content (AvgIpc) is 3.14. The third-order valence-corrected chi connectivity index (χ3v) is 6.57. The fraction of sp³-hybridized carbons (Fsp3) is 0.556. The van der Waals surface area contributed by atoms with E-state index in [2.05, 4.69) is 28.9 Å². The summed E-state index contributed by atoms with van der Waals surface area (Å²) < 4.78 is 5.22. The molecule has 2 amide bonds. The predicted octanol–water partition coefficient (Wildman–Crippen LogP) is 3.72. The summed E-state index contributed by atoms with van der Waals surface area (Å²) in [5, 5.41) is 8.87. The van der Waals surface area contributed by atoms with Crippen molar-refractivity contribution in [3.8, 4) is 17.0 Å². The molecular weight excluding hydrogens is 442 g/mol. The lowest BCUT2D eigenvalue weighted by molar-refractivity contribution is -0.142. The number of anilines is 1. The molecule has 8 heteroatoms. The number of rotatable bonds is 9. The first-order valence-electron chi connectivity index (χ1n) is 12.6. The molecule has 2 heterocycles. The minimum absolute atomic E-state index is 0.0186. The van der Waals surface area contributed by atoms with Gasteiger partial charge in [0.05, 0.1) is 19.3 Å². The molecule has 1 aromatic carbocycles. The van der Waals surface area contributed by atoms with Crippen molar-refractivity contribution < 1.29 is 14.3 Å². The molecule has 1 fully saturated rings. The van der Waals surface area contributed by atoms with Crippen LogP contribution in [0.1, 0.15) is 40.5 Å². The molecule has 1 saturated heterocycles. The maximum atomic E-state index is 13.1. The second-order valence-electron chi connectivity index (χ2n) is 9.61. The van der Waals surface area contributed by atoms with Crippen LogP contribution in [0.4, 0.5) is 5.82 Å². The van der Waals surface area contributed by atoms with Crippen LogP contribution in [-0.2, 0) is 9.59 Å². The van der Waals surface area contributed by atoms with Gasteiger partial charge in [-0.2, -0.15) is 0 Å². The number of hydrogen-bond donors (Lipinski definition) is 0. The lowest BCUT2D eigenvalue weighted by Gasteiger charge is -2.29. The molecule has 1 aliphatic heterocycles. The molecule has 190 valence electrons. The van der Waals surface area contributed by atoms with Gasteiger partial charge >= 0.3 is 0 Å². The van der Waals surface area contributed by atoms with Gasteiger partial charge in [0.15, 0.2) is 5.82 Å². The van der Waals surface area contributed by atoms with Crippen molar-refractivity contribution in [1.29, 1.82) is 0 Å². The monoisotopic (exact) mass is 481 g/mol. The Labute approximate surface area is 209 Å². The quantitative estimate of drug-likeness (QED) is 0.543. The summed E-state index contributed by atoms with van der Waals surface area (Å²) in [5.41, 5.74) is 1.79. The first-order valence-corrected chi connectivity index (χ1v) is 12.6. The van der Waals surface area contributed by atoms with Gasteiger partial charge in [-0.1, -0.05) is 34.1 Å².